The van der Waals surface area contributed by atoms with E-state index in [2.05, 4.69) is 44.5 Å². The van der Waals surface area contributed by atoms with Crippen LogP contribution in [0.4, 0.5) is 17.5 Å². The molecule has 3 aromatic rings. The van der Waals surface area contributed by atoms with Gasteiger partial charge in [0, 0.05) is 25.5 Å². The topological polar surface area (TPSA) is 83.4 Å². The molecule has 3 heterocycles. The van der Waals surface area contributed by atoms with Gasteiger partial charge in [-0.15, -0.1) is 0 Å². The van der Waals surface area contributed by atoms with E-state index >= 15 is 0 Å². The second-order valence-corrected chi connectivity index (χ2v) is 4.81. The molecule has 0 aliphatic rings. The maximum atomic E-state index is 4.45. The molecule has 0 aliphatic heterocycles. The summed E-state index contributed by atoms with van der Waals surface area (Å²) >= 11 is 0. The van der Waals surface area contributed by atoms with Crippen LogP contribution in [0, 0.1) is 0 Å². The Morgan fingerprint density at radius 3 is 2.85 bits per heavy atom. The lowest BCUT2D eigenvalue weighted by atomic mass is 10.4. The molecule has 0 fully saturated rings. The van der Waals surface area contributed by atoms with Gasteiger partial charge in [-0.25, -0.2) is 0 Å². The average molecular weight is 271 g/mol. The van der Waals surface area contributed by atoms with Gasteiger partial charge in [0.1, 0.15) is 11.5 Å². The Morgan fingerprint density at radius 2 is 2.15 bits per heavy atom. The molecule has 0 aromatic carbocycles. The minimum Gasteiger partial charge on any atom is -0.372 e. The van der Waals surface area contributed by atoms with E-state index in [1.807, 2.05) is 30.2 Å². The maximum absolute atomic E-state index is 4.45. The molecule has 0 unspecified atom stereocenters. The van der Waals surface area contributed by atoms with Crippen molar-refractivity contribution in [2.24, 2.45) is 0 Å². The molecule has 20 heavy (non-hydrogen) atoms. The number of nitrogens with zero attached hydrogens (tertiary/aromatic N) is 4. The zero-order valence-electron chi connectivity index (χ0n) is 11.7. The first-order valence-corrected chi connectivity index (χ1v) is 6.51. The van der Waals surface area contributed by atoms with E-state index < -0.39 is 0 Å². The summed E-state index contributed by atoms with van der Waals surface area (Å²) in [6, 6.07) is 2.27. The van der Waals surface area contributed by atoms with Crippen molar-refractivity contribution in [3.63, 3.8) is 0 Å². The highest BCUT2D eigenvalue weighted by atomic mass is 15.3. The molecular formula is C13H17N7. The smallest absolute Gasteiger partial charge is 0.231 e. The van der Waals surface area contributed by atoms with Crippen LogP contribution in [0.15, 0.2) is 24.7 Å². The van der Waals surface area contributed by atoms with Gasteiger partial charge >= 0.3 is 0 Å². The predicted octanol–water partition coefficient (Wildman–Crippen LogP) is 2.52. The highest BCUT2D eigenvalue weighted by Gasteiger charge is 2.09. The minimum atomic E-state index is 0.324. The van der Waals surface area contributed by atoms with Crippen molar-refractivity contribution >= 4 is 28.5 Å². The Balaban J connectivity index is 1.93. The summed E-state index contributed by atoms with van der Waals surface area (Å²) in [5.74, 6) is 1.32. The lowest BCUT2D eigenvalue weighted by Crippen LogP contribution is -2.02. The van der Waals surface area contributed by atoms with E-state index in [1.165, 1.54) is 0 Å². The Bertz CT molecular complexity index is 725. The second-order valence-electron chi connectivity index (χ2n) is 4.81. The third kappa shape index (κ3) is 2.18. The maximum Gasteiger partial charge on any atom is 0.231 e. The summed E-state index contributed by atoms with van der Waals surface area (Å²) in [5.41, 5.74) is 1.66. The van der Waals surface area contributed by atoms with Crippen molar-refractivity contribution < 1.29 is 0 Å². The molecule has 104 valence electrons. The van der Waals surface area contributed by atoms with E-state index in [4.69, 9.17) is 0 Å². The van der Waals surface area contributed by atoms with Crippen LogP contribution in [0.3, 0.4) is 0 Å². The van der Waals surface area contributed by atoms with Gasteiger partial charge in [-0.05, 0) is 19.9 Å². The summed E-state index contributed by atoms with van der Waals surface area (Å²) < 4.78 is 1.88. The van der Waals surface area contributed by atoms with Crippen LogP contribution in [-0.4, -0.2) is 31.8 Å². The number of rotatable bonds is 4. The van der Waals surface area contributed by atoms with Crippen LogP contribution in [0.5, 0.6) is 0 Å². The van der Waals surface area contributed by atoms with Gasteiger partial charge < -0.3 is 15.6 Å². The minimum absolute atomic E-state index is 0.324. The third-order valence-corrected chi connectivity index (χ3v) is 3.04. The lowest BCUT2D eigenvalue weighted by Gasteiger charge is -2.06. The molecule has 0 atom stereocenters. The van der Waals surface area contributed by atoms with Crippen LogP contribution < -0.4 is 10.6 Å². The summed E-state index contributed by atoms with van der Waals surface area (Å²) in [4.78, 5) is 12.0. The van der Waals surface area contributed by atoms with Gasteiger partial charge in [0.25, 0.3) is 0 Å². The summed E-state index contributed by atoms with van der Waals surface area (Å²) in [6.45, 7) is 4.16. The molecule has 0 radical (unpaired) electrons. The molecule has 3 rings (SSSR count). The average Bonchev–Trinajstić information content (AvgIpc) is 3.06. The zero-order chi connectivity index (χ0) is 14.1. The van der Waals surface area contributed by atoms with Crippen molar-refractivity contribution in [3.05, 3.63) is 24.7 Å². The quantitative estimate of drug-likeness (QED) is 0.679. The predicted molar refractivity (Wildman–Crippen MR) is 79.3 cm³/mol. The van der Waals surface area contributed by atoms with E-state index in [0.717, 1.165) is 22.5 Å². The number of H-pyrrole nitrogens is 1. The van der Waals surface area contributed by atoms with Crippen molar-refractivity contribution in [3.8, 4) is 0 Å². The van der Waals surface area contributed by atoms with Gasteiger partial charge in [0.2, 0.25) is 5.95 Å². The normalized spacial score (nSPS) is 11.2. The number of aromatic amines is 1. The highest BCUT2D eigenvalue weighted by molar-refractivity contribution is 5.88. The number of aromatic nitrogens is 5. The summed E-state index contributed by atoms with van der Waals surface area (Å²) in [6.07, 6.45) is 5.55. The number of hydrogen-bond donors (Lipinski definition) is 3. The Labute approximate surface area is 116 Å². The molecular weight excluding hydrogens is 254 g/mol. The Kier molecular flexibility index (Phi) is 3.02. The number of fused-ring (bicyclic) bond motifs is 1. The van der Waals surface area contributed by atoms with Crippen molar-refractivity contribution in [2.45, 2.75) is 19.9 Å². The van der Waals surface area contributed by atoms with Crippen LogP contribution >= 0.6 is 0 Å². The molecule has 0 amide bonds. The van der Waals surface area contributed by atoms with E-state index in [-0.39, 0.29) is 0 Å². The Hall–Kier alpha value is -2.57. The van der Waals surface area contributed by atoms with Gasteiger partial charge in [0.05, 0.1) is 17.3 Å². The first-order valence-electron chi connectivity index (χ1n) is 6.51. The van der Waals surface area contributed by atoms with E-state index in [0.29, 0.717) is 12.0 Å². The molecule has 3 N–H and O–H groups in total. The molecule has 0 saturated carbocycles. The number of anilines is 3. The molecule has 0 saturated heterocycles. The van der Waals surface area contributed by atoms with Crippen molar-refractivity contribution in [1.82, 2.24) is 24.7 Å². The van der Waals surface area contributed by atoms with Gasteiger partial charge in [-0.2, -0.15) is 15.1 Å². The second kappa shape index (κ2) is 4.84. The molecule has 0 aliphatic carbocycles. The molecule has 7 heteroatoms. The zero-order valence-corrected chi connectivity index (χ0v) is 11.7. The fourth-order valence-corrected chi connectivity index (χ4v) is 2.00. The fraction of sp³-hybridized carbons (Fsp3) is 0.308. The first kappa shape index (κ1) is 12.5. The lowest BCUT2D eigenvalue weighted by molar-refractivity contribution is 0.532. The van der Waals surface area contributed by atoms with Crippen LogP contribution in [0.1, 0.15) is 19.9 Å². The largest absolute Gasteiger partial charge is 0.372 e. The van der Waals surface area contributed by atoms with Crippen LogP contribution in [0.2, 0.25) is 0 Å². The molecule has 3 aromatic heterocycles. The van der Waals surface area contributed by atoms with Gasteiger partial charge in [0.15, 0.2) is 0 Å². The molecule has 7 nitrogen and oxygen atoms in total. The monoisotopic (exact) mass is 271 g/mol. The highest BCUT2D eigenvalue weighted by Crippen LogP contribution is 2.22. The summed E-state index contributed by atoms with van der Waals surface area (Å²) in [5, 5.41) is 11.5. The van der Waals surface area contributed by atoms with E-state index in [9.17, 15) is 0 Å². The molecule has 0 bridgehead atoms. The van der Waals surface area contributed by atoms with E-state index in [1.54, 1.807) is 6.20 Å². The SMILES string of the molecule is CNc1nc(Nc2cnn(C(C)C)c2)nc2[nH]ccc12. The fourth-order valence-electron chi connectivity index (χ4n) is 2.00. The Morgan fingerprint density at radius 1 is 1.30 bits per heavy atom. The van der Waals surface area contributed by atoms with Crippen molar-refractivity contribution in [2.75, 3.05) is 17.7 Å². The van der Waals surface area contributed by atoms with Crippen molar-refractivity contribution in [1.29, 1.82) is 0 Å². The van der Waals surface area contributed by atoms with Crippen LogP contribution in [0.25, 0.3) is 11.0 Å². The molecule has 0 spiro atoms. The third-order valence-electron chi connectivity index (χ3n) is 3.04. The number of nitrogens with one attached hydrogen (secondary N) is 3. The van der Waals surface area contributed by atoms with Crippen LogP contribution in [-0.2, 0) is 0 Å². The standard InChI is InChI=1S/C13H17N7/c1-8(2)20-7-9(6-16-20)17-13-18-11(14-3)10-4-5-15-12(10)19-13/h4-8H,1-3H3,(H3,14,15,17,18,19). The van der Waals surface area contributed by atoms with Gasteiger partial charge in [-0.3, -0.25) is 4.68 Å². The first-order chi connectivity index (χ1) is 9.67. The summed E-state index contributed by atoms with van der Waals surface area (Å²) in [7, 11) is 1.84. The number of hydrogen-bond acceptors (Lipinski definition) is 5. The van der Waals surface area contributed by atoms with Gasteiger partial charge in [-0.1, -0.05) is 0 Å².